The number of benzene rings is 1. The highest BCUT2D eigenvalue weighted by molar-refractivity contribution is 5.74. The van der Waals surface area contributed by atoms with E-state index in [-0.39, 0.29) is 5.92 Å². The predicted molar refractivity (Wildman–Crippen MR) is 75.5 cm³/mol. The average molecular weight is 280 g/mol. The molecule has 6 nitrogen and oxygen atoms in total. The minimum atomic E-state index is -0.950. The van der Waals surface area contributed by atoms with Crippen molar-refractivity contribution in [2.45, 2.75) is 12.5 Å². The van der Waals surface area contributed by atoms with E-state index >= 15 is 0 Å². The quantitative estimate of drug-likeness (QED) is 0.835. The fraction of sp³-hybridized carbons (Fsp3) is 0.500. The Bertz CT molecular complexity index is 492. The molecule has 0 radical (unpaired) electrons. The van der Waals surface area contributed by atoms with Crippen LogP contribution in [0.3, 0.4) is 0 Å². The maximum Gasteiger partial charge on any atom is 0.320 e. The molecule has 3 N–H and O–H groups in total. The Balaban J connectivity index is 2.18. The van der Waals surface area contributed by atoms with E-state index in [9.17, 15) is 4.79 Å². The Kier molecular flexibility index (Phi) is 4.34. The molecule has 1 aliphatic heterocycles. The lowest BCUT2D eigenvalue weighted by atomic mass is 10.0. The van der Waals surface area contributed by atoms with Gasteiger partial charge < -0.3 is 25.2 Å². The minimum Gasteiger partial charge on any atom is -0.497 e. The zero-order chi connectivity index (χ0) is 14.7. The van der Waals surface area contributed by atoms with E-state index in [1.807, 2.05) is 18.2 Å². The lowest BCUT2D eigenvalue weighted by Crippen LogP contribution is -2.39. The van der Waals surface area contributed by atoms with Crippen LogP contribution < -0.4 is 20.1 Å². The highest BCUT2D eigenvalue weighted by atomic mass is 16.5. The zero-order valence-corrected chi connectivity index (χ0v) is 11.7. The van der Waals surface area contributed by atoms with Crippen LogP contribution in [0.5, 0.6) is 11.5 Å². The number of nitrogens with two attached hydrogens (primary N) is 1. The highest BCUT2D eigenvalue weighted by Gasteiger charge is 2.32. The normalized spacial score (nSPS) is 19.8. The number of ether oxygens (including phenoxy) is 2. The van der Waals surface area contributed by atoms with Crippen LogP contribution >= 0.6 is 0 Å². The molecule has 2 rings (SSSR count). The highest BCUT2D eigenvalue weighted by Crippen LogP contribution is 2.35. The van der Waals surface area contributed by atoms with Crippen LogP contribution in [-0.4, -0.2) is 44.4 Å². The van der Waals surface area contributed by atoms with Gasteiger partial charge in [0.05, 0.1) is 19.9 Å². The Labute approximate surface area is 118 Å². The smallest absolute Gasteiger partial charge is 0.320 e. The van der Waals surface area contributed by atoms with Gasteiger partial charge >= 0.3 is 5.97 Å². The number of nitrogens with zero attached hydrogens (tertiary/aromatic N) is 1. The fourth-order valence-corrected chi connectivity index (χ4v) is 2.54. The van der Waals surface area contributed by atoms with E-state index in [1.165, 1.54) is 0 Å². The van der Waals surface area contributed by atoms with Crippen molar-refractivity contribution in [1.82, 2.24) is 0 Å². The van der Waals surface area contributed by atoms with Gasteiger partial charge in [-0.25, -0.2) is 0 Å². The molecule has 0 bridgehead atoms. The van der Waals surface area contributed by atoms with Gasteiger partial charge in [-0.3, -0.25) is 4.79 Å². The molecule has 110 valence electrons. The number of carboxylic acid groups (broad SMARTS) is 1. The summed E-state index contributed by atoms with van der Waals surface area (Å²) in [5.74, 6) is 0.486. The summed E-state index contributed by atoms with van der Waals surface area (Å²) >= 11 is 0. The second-order valence-corrected chi connectivity index (χ2v) is 4.90. The van der Waals surface area contributed by atoms with E-state index in [0.29, 0.717) is 6.54 Å². The van der Waals surface area contributed by atoms with E-state index < -0.39 is 12.0 Å². The van der Waals surface area contributed by atoms with Gasteiger partial charge in [-0.15, -0.1) is 0 Å². The molecule has 2 unspecified atom stereocenters. The first-order chi connectivity index (χ1) is 9.56. The zero-order valence-electron chi connectivity index (χ0n) is 11.7. The van der Waals surface area contributed by atoms with E-state index in [4.69, 9.17) is 20.3 Å². The van der Waals surface area contributed by atoms with Gasteiger partial charge in [0.25, 0.3) is 0 Å². The summed E-state index contributed by atoms with van der Waals surface area (Å²) in [7, 11) is 3.22. The second-order valence-electron chi connectivity index (χ2n) is 4.90. The monoisotopic (exact) mass is 280 g/mol. The van der Waals surface area contributed by atoms with Crippen LogP contribution in [0.1, 0.15) is 6.42 Å². The van der Waals surface area contributed by atoms with Crippen molar-refractivity contribution in [1.29, 1.82) is 0 Å². The first-order valence-corrected chi connectivity index (χ1v) is 6.52. The minimum absolute atomic E-state index is 0.0524. The number of hydrogen-bond donors (Lipinski definition) is 2. The molecule has 0 spiro atoms. The second kappa shape index (κ2) is 6.00. The van der Waals surface area contributed by atoms with Crippen molar-refractivity contribution in [2.24, 2.45) is 11.7 Å². The summed E-state index contributed by atoms with van der Waals surface area (Å²) < 4.78 is 10.6. The van der Waals surface area contributed by atoms with Crippen LogP contribution in [0.4, 0.5) is 5.69 Å². The van der Waals surface area contributed by atoms with Crippen molar-refractivity contribution in [2.75, 3.05) is 32.2 Å². The maximum atomic E-state index is 11.0. The van der Waals surface area contributed by atoms with Crippen LogP contribution in [0.25, 0.3) is 0 Å². The third-order valence-electron chi connectivity index (χ3n) is 3.74. The number of carbonyl (C=O) groups is 1. The Morgan fingerprint density at radius 1 is 1.45 bits per heavy atom. The first kappa shape index (κ1) is 14.5. The molecule has 0 aliphatic carbocycles. The lowest BCUT2D eigenvalue weighted by molar-refractivity contribution is -0.139. The van der Waals surface area contributed by atoms with Gasteiger partial charge in [0.2, 0.25) is 0 Å². The van der Waals surface area contributed by atoms with Crippen molar-refractivity contribution in [3.8, 4) is 11.5 Å². The molecule has 0 aromatic heterocycles. The molecule has 1 fully saturated rings. The van der Waals surface area contributed by atoms with Crippen molar-refractivity contribution >= 4 is 11.7 Å². The van der Waals surface area contributed by atoms with Gasteiger partial charge in [0.1, 0.15) is 17.5 Å². The molecular weight excluding hydrogens is 260 g/mol. The van der Waals surface area contributed by atoms with Gasteiger partial charge in [-0.05, 0) is 18.6 Å². The Morgan fingerprint density at radius 3 is 2.80 bits per heavy atom. The average Bonchev–Trinajstić information content (AvgIpc) is 2.95. The number of aliphatic carboxylic acids is 1. The molecule has 1 saturated heterocycles. The number of anilines is 1. The maximum absolute atomic E-state index is 11.0. The molecule has 6 heteroatoms. The number of rotatable bonds is 5. The van der Waals surface area contributed by atoms with E-state index in [0.717, 1.165) is 30.2 Å². The molecule has 20 heavy (non-hydrogen) atoms. The molecule has 0 amide bonds. The topological polar surface area (TPSA) is 85.0 Å². The van der Waals surface area contributed by atoms with Crippen LogP contribution in [0.2, 0.25) is 0 Å². The summed E-state index contributed by atoms with van der Waals surface area (Å²) in [4.78, 5) is 13.1. The van der Waals surface area contributed by atoms with Crippen molar-refractivity contribution in [3.63, 3.8) is 0 Å². The van der Waals surface area contributed by atoms with Crippen molar-refractivity contribution in [3.05, 3.63) is 18.2 Å². The van der Waals surface area contributed by atoms with Gasteiger partial charge in [-0.1, -0.05) is 0 Å². The third kappa shape index (κ3) is 2.80. The Morgan fingerprint density at radius 2 is 2.20 bits per heavy atom. The van der Waals surface area contributed by atoms with Gasteiger partial charge in [0, 0.05) is 25.1 Å². The summed E-state index contributed by atoms with van der Waals surface area (Å²) in [6.07, 6.45) is 0.758. The standard InChI is InChI=1S/C14H20N2O4/c1-19-10-3-4-12(20-2)11(7-10)16-6-5-9(8-16)13(15)14(17)18/h3-4,7,9,13H,5-6,8,15H2,1-2H3,(H,17,18). The molecule has 2 atom stereocenters. The third-order valence-corrected chi connectivity index (χ3v) is 3.74. The fourth-order valence-electron chi connectivity index (χ4n) is 2.54. The molecule has 1 aromatic rings. The van der Waals surface area contributed by atoms with Gasteiger partial charge in [-0.2, -0.15) is 0 Å². The van der Waals surface area contributed by atoms with E-state index in [2.05, 4.69) is 4.90 Å². The van der Waals surface area contributed by atoms with Crippen molar-refractivity contribution < 1.29 is 19.4 Å². The number of hydrogen-bond acceptors (Lipinski definition) is 5. The SMILES string of the molecule is COc1ccc(OC)c(N2CCC(C(N)C(=O)O)C2)c1. The molecule has 1 aliphatic rings. The molecule has 1 aromatic carbocycles. The molecule has 1 heterocycles. The Hall–Kier alpha value is -1.95. The van der Waals surface area contributed by atoms with Gasteiger partial charge in [0.15, 0.2) is 0 Å². The molecular formula is C14H20N2O4. The number of methoxy groups -OCH3 is 2. The summed E-state index contributed by atoms with van der Waals surface area (Å²) in [6, 6.07) is 4.75. The molecule has 0 saturated carbocycles. The first-order valence-electron chi connectivity index (χ1n) is 6.52. The summed E-state index contributed by atoms with van der Waals surface area (Å²) in [6.45, 7) is 1.37. The van der Waals surface area contributed by atoms with E-state index in [1.54, 1.807) is 14.2 Å². The summed E-state index contributed by atoms with van der Waals surface area (Å²) in [5.41, 5.74) is 6.62. The largest absolute Gasteiger partial charge is 0.497 e. The predicted octanol–water partition coefficient (Wildman–Crippen LogP) is 0.942. The lowest BCUT2D eigenvalue weighted by Gasteiger charge is -2.22. The summed E-state index contributed by atoms with van der Waals surface area (Å²) in [5, 5.41) is 8.99. The van der Waals surface area contributed by atoms with Crippen LogP contribution in [0.15, 0.2) is 18.2 Å². The number of carboxylic acids is 1. The van der Waals surface area contributed by atoms with Crippen LogP contribution in [-0.2, 0) is 4.79 Å². The van der Waals surface area contributed by atoms with Crippen LogP contribution in [0, 0.1) is 5.92 Å².